The van der Waals surface area contributed by atoms with Crippen molar-refractivity contribution in [2.24, 2.45) is 5.10 Å². The second kappa shape index (κ2) is 11.0. The maximum Gasteiger partial charge on any atom is 0.271 e. The molecule has 0 saturated heterocycles. The van der Waals surface area contributed by atoms with Crippen molar-refractivity contribution < 1.29 is 23.7 Å². The standard InChI is InChI=1S/C21H21BrN2O5/c1-5-7-29-20-18(22)8-14(9-19(20)28-6-2)13-23-24-21(25)15-10-16(26-3)12-17(11-15)27-4/h1,8-13H,6-7H2,2-4H3,(H,24,25)/b23-13-. The lowest BCUT2D eigenvalue weighted by atomic mass is 10.2. The van der Waals surface area contributed by atoms with Crippen LogP contribution in [0.4, 0.5) is 0 Å². The molecule has 0 radical (unpaired) electrons. The number of hydrogen-bond donors (Lipinski definition) is 1. The Balaban J connectivity index is 2.17. The minimum atomic E-state index is -0.406. The highest BCUT2D eigenvalue weighted by Crippen LogP contribution is 2.36. The Hall–Kier alpha value is -3.18. The number of nitrogens with one attached hydrogen (secondary N) is 1. The lowest BCUT2D eigenvalue weighted by Gasteiger charge is -2.13. The Bertz CT molecular complexity index is 915. The van der Waals surface area contributed by atoms with Gasteiger partial charge in [0.2, 0.25) is 0 Å². The number of carbonyl (C=O) groups excluding carboxylic acids is 1. The second-order valence-electron chi connectivity index (χ2n) is 5.56. The smallest absolute Gasteiger partial charge is 0.271 e. The average molecular weight is 461 g/mol. The molecule has 29 heavy (non-hydrogen) atoms. The van der Waals surface area contributed by atoms with Crippen molar-refractivity contribution in [3.8, 4) is 35.3 Å². The average Bonchev–Trinajstić information content (AvgIpc) is 2.72. The summed E-state index contributed by atoms with van der Waals surface area (Å²) in [5, 5.41) is 4.01. The molecular weight excluding hydrogens is 440 g/mol. The highest BCUT2D eigenvalue weighted by molar-refractivity contribution is 9.10. The largest absolute Gasteiger partial charge is 0.497 e. The molecule has 0 atom stereocenters. The molecule has 0 aliphatic rings. The quantitative estimate of drug-likeness (QED) is 0.351. The van der Waals surface area contributed by atoms with Crippen molar-refractivity contribution in [3.63, 3.8) is 0 Å². The van der Waals surface area contributed by atoms with Crippen LogP contribution in [0.25, 0.3) is 0 Å². The number of halogens is 1. The molecule has 0 aliphatic heterocycles. The number of rotatable bonds is 9. The van der Waals surface area contributed by atoms with E-state index in [1.54, 1.807) is 30.3 Å². The first-order chi connectivity index (χ1) is 14.0. The van der Waals surface area contributed by atoms with Gasteiger partial charge in [0.15, 0.2) is 11.5 Å². The van der Waals surface area contributed by atoms with E-state index in [0.717, 1.165) is 0 Å². The third-order valence-corrected chi connectivity index (χ3v) is 4.21. The fourth-order valence-corrected chi connectivity index (χ4v) is 2.92. The molecular formula is C21H21BrN2O5. The first-order valence-corrected chi connectivity index (χ1v) is 9.40. The van der Waals surface area contributed by atoms with Gasteiger partial charge in [-0.2, -0.15) is 5.10 Å². The first-order valence-electron chi connectivity index (χ1n) is 8.61. The monoisotopic (exact) mass is 460 g/mol. The van der Waals surface area contributed by atoms with Crippen LogP contribution in [0.3, 0.4) is 0 Å². The molecule has 7 nitrogen and oxygen atoms in total. The van der Waals surface area contributed by atoms with Crippen LogP contribution < -0.4 is 24.4 Å². The summed E-state index contributed by atoms with van der Waals surface area (Å²) < 4.78 is 22.1. The van der Waals surface area contributed by atoms with E-state index in [1.165, 1.54) is 20.4 Å². The van der Waals surface area contributed by atoms with E-state index in [0.29, 0.717) is 45.2 Å². The molecule has 2 aromatic rings. The SMILES string of the molecule is C#CCOc1c(Br)cc(/C=N\NC(=O)c2cc(OC)cc(OC)c2)cc1OCC. The third-order valence-electron chi connectivity index (χ3n) is 3.62. The van der Waals surface area contributed by atoms with Crippen LogP contribution in [0.15, 0.2) is 39.9 Å². The van der Waals surface area contributed by atoms with Crippen molar-refractivity contribution in [2.45, 2.75) is 6.92 Å². The normalized spacial score (nSPS) is 10.3. The molecule has 1 N–H and O–H groups in total. The van der Waals surface area contributed by atoms with Gasteiger partial charge >= 0.3 is 0 Å². The molecule has 0 saturated carbocycles. The maximum absolute atomic E-state index is 12.4. The Morgan fingerprint density at radius 1 is 1.17 bits per heavy atom. The molecule has 0 bridgehead atoms. The van der Waals surface area contributed by atoms with Crippen LogP contribution in [-0.2, 0) is 0 Å². The van der Waals surface area contributed by atoms with Gasteiger partial charge in [0, 0.05) is 11.6 Å². The fourth-order valence-electron chi connectivity index (χ4n) is 2.35. The molecule has 0 aromatic heterocycles. The summed E-state index contributed by atoms with van der Waals surface area (Å²) in [5.74, 6) is 4.05. The number of benzene rings is 2. The number of carbonyl (C=O) groups is 1. The summed E-state index contributed by atoms with van der Waals surface area (Å²) in [7, 11) is 3.03. The molecule has 0 aliphatic carbocycles. The fraction of sp³-hybridized carbons (Fsp3) is 0.238. The van der Waals surface area contributed by atoms with Crippen LogP contribution >= 0.6 is 15.9 Å². The Morgan fingerprint density at radius 2 is 1.86 bits per heavy atom. The molecule has 0 heterocycles. The number of amides is 1. The molecule has 152 valence electrons. The molecule has 0 fully saturated rings. The minimum absolute atomic E-state index is 0.117. The van der Waals surface area contributed by atoms with Crippen LogP contribution in [0.5, 0.6) is 23.0 Å². The molecule has 2 rings (SSSR count). The zero-order valence-corrected chi connectivity index (χ0v) is 17.9. The summed E-state index contributed by atoms with van der Waals surface area (Å²) in [6.45, 7) is 2.43. The highest BCUT2D eigenvalue weighted by atomic mass is 79.9. The summed E-state index contributed by atoms with van der Waals surface area (Å²) in [5.41, 5.74) is 3.52. The summed E-state index contributed by atoms with van der Waals surface area (Å²) in [6, 6.07) is 8.38. The number of hydrazone groups is 1. The second-order valence-corrected chi connectivity index (χ2v) is 6.41. The van der Waals surface area contributed by atoms with Gasteiger partial charge in [0.1, 0.15) is 18.1 Å². The van der Waals surface area contributed by atoms with Crippen LogP contribution in [0, 0.1) is 12.3 Å². The predicted molar refractivity (Wildman–Crippen MR) is 114 cm³/mol. The Kier molecular flexibility index (Phi) is 8.37. The van der Waals surface area contributed by atoms with Crippen LogP contribution in [0.2, 0.25) is 0 Å². The molecule has 8 heteroatoms. The zero-order valence-electron chi connectivity index (χ0n) is 16.3. The van der Waals surface area contributed by atoms with Crippen molar-refractivity contribution >= 4 is 28.1 Å². The van der Waals surface area contributed by atoms with Gasteiger partial charge < -0.3 is 18.9 Å². The molecule has 0 unspecified atom stereocenters. The van der Waals surface area contributed by atoms with E-state index >= 15 is 0 Å². The lowest BCUT2D eigenvalue weighted by molar-refractivity contribution is 0.0954. The number of hydrogen-bond acceptors (Lipinski definition) is 6. The number of terminal acetylenes is 1. The zero-order chi connectivity index (χ0) is 21.2. The maximum atomic E-state index is 12.4. The van der Waals surface area contributed by atoms with Crippen molar-refractivity contribution in [2.75, 3.05) is 27.4 Å². The van der Waals surface area contributed by atoms with Gasteiger partial charge in [-0.15, -0.1) is 6.42 Å². The van der Waals surface area contributed by atoms with Crippen molar-refractivity contribution in [1.82, 2.24) is 5.43 Å². The van der Waals surface area contributed by atoms with E-state index in [2.05, 4.69) is 32.4 Å². The molecule has 2 aromatic carbocycles. The number of ether oxygens (including phenoxy) is 4. The topological polar surface area (TPSA) is 78.4 Å². The summed E-state index contributed by atoms with van der Waals surface area (Å²) in [4.78, 5) is 12.4. The molecule has 1 amide bonds. The highest BCUT2D eigenvalue weighted by Gasteiger charge is 2.12. The van der Waals surface area contributed by atoms with Crippen LogP contribution in [0.1, 0.15) is 22.8 Å². The minimum Gasteiger partial charge on any atom is -0.497 e. The van der Waals surface area contributed by atoms with E-state index in [-0.39, 0.29) is 6.61 Å². The van der Waals surface area contributed by atoms with Gasteiger partial charge in [-0.1, -0.05) is 5.92 Å². The van der Waals surface area contributed by atoms with E-state index in [9.17, 15) is 4.79 Å². The van der Waals surface area contributed by atoms with Gasteiger partial charge in [-0.05, 0) is 52.7 Å². The van der Waals surface area contributed by atoms with Crippen molar-refractivity contribution in [3.05, 3.63) is 45.9 Å². The van der Waals surface area contributed by atoms with Gasteiger partial charge in [-0.3, -0.25) is 4.79 Å². The Labute approximate surface area is 178 Å². The lowest BCUT2D eigenvalue weighted by Crippen LogP contribution is -2.17. The van der Waals surface area contributed by atoms with Crippen LogP contribution in [-0.4, -0.2) is 39.6 Å². The third kappa shape index (κ3) is 6.16. The van der Waals surface area contributed by atoms with Gasteiger partial charge in [0.05, 0.1) is 31.5 Å². The predicted octanol–water partition coefficient (Wildman–Crippen LogP) is 3.64. The van der Waals surface area contributed by atoms with E-state index in [4.69, 9.17) is 25.4 Å². The van der Waals surface area contributed by atoms with Crippen molar-refractivity contribution in [1.29, 1.82) is 0 Å². The van der Waals surface area contributed by atoms with Gasteiger partial charge in [0.25, 0.3) is 5.91 Å². The molecule has 0 spiro atoms. The van der Waals surface area contributed by atoms with E-state index < -0.39 is 5.91 Å². The first kappa shape index (κ1) is 22.1. The Morgan fingerprint density at radius 3 is 2.45 bits per heavy atom. The number of nitrogens with zero attached hydrogens (tertiary/aromatic N) is 1. The summed E-state index contributed by atoms with van der Waals surface area (Å²) >= 11 is 3.44. The summed E-state index contributed by atoms with van der Waals surface area (Å²) in [6.07, 6.45) is 6.74. The number of methoxy groups -OCH3 is 2. The van der Waals surface area contributed by atoms with Gasteiger partial charge in [-0.25, -0.2) is 5.43 Å². The van der Waals surface area contributed by atoms with E-state index in [1.807, 2.05) is 6.92 Å².